The van der Waals surface area contributed by atoms with Gasteiger partial charge in [-0.3, -0.25) is 9.59 Å². The van der Waals surface area contributed by atoms with Gasteiger partial charge >= 0.3 is 5.56 Å². The predicted molar refractivity (Wildman–Crippen MR) is 117 cm³/mol. The lowest BCUT2D eigenvalue weighted by molar-refractivity contribution is 0.571. The molecule has 0 fully saturated rings. The molecule has 0 aliphatic carbocycles. The minimum absolute atomic E-state index is 0.133. The molecule has 0 radical (unpaired) electrons. The molecule has 0 atom stereocenters. The maximum atomic E-state index is 12.8. The van der Waals surface area contributed by atoms with E-state index in [4.69, 9.17) is 16.0 Å². The fraction of sp³-hybridized carbons (Fsp3) is 0. The molecule has 0 unspecified atom stereocenters. The topological polar surface area (TPSA) is 77.5 Å². The zero-order chi connectivity index (χ0) is 20.7. The summed E-state index contributed by atoms with van der Waals surface area (Å²) in [7, 11) is 0. The van der Waals surface area contributed by atoms with Crippen LogP contribution in [0.5, 0.6) is 0 Å². The molecule has 30 heavy (non-hydrogen) atoms. The molecule has 8 heteroatoms. The van der Waals surface area contributed by atoms with Crippen molar-refractivity contribution in [3.63, 3.8) is 0 Å². The van der Waals surface area contributed by atoms with E-state index in [0.717, 1.165) is 21.4 Å². The van der Waals surface area contributed by atoms with Crippen LogP contribution in [-0.4, -0.2) is 14.6 Å². The first-order valence-corrected chi connectivity index (χ1v) is 10.2. The van der Waals surface area contributed by atoms with Crippen molar-refractivity contribution in [2.75, 3.05) is 0 Å². The summed E-state index contributed by atoms with van der Waals surface area (Å²) in [6.07, 6.45) is 1.61. The highest BCUT2D eigenvalue weighted by atomic mass is 35.5. The summed E-state index contributed by atoms with van der Waals surface area (Å²) in [5.74, 6) is 1.08. The van der Waals surface area contributed by atoms with Crippen molar-refractivity contribution in [3.05, 3.63) is 103 Å². The van der Waals surface area contributed by atoms with Gasteiger partial charge in [0, 0.05) is 17.2 Å². The normalized spacial score (nSPS) is 12.0. The number of benzene rings is 2. The van der Waals surface area contributed by atoms with Gasteiger partial charge in [-0.25, -0.2) is 0 Å². The molecule has 5 aromatic rings. The Morgan fingerprint density at radius 2 is 1.73 bits per heavy atom. The molecule has 3 heterocycles. The van der Waals surface area contributed by atoms with Gasteiger partial charge in [0.15, 0.2) is 5.69 Å². The third-order valence-electron chi connectivity index (χ3n) is 4.47. The molecule has 0 aliphatic rings. The smallest absolute Gasteiger partial charge is 0.300 e. The molecule has 0 N–H and O–H groups in total. The highest BCUT2D eigenvalue weighted by molar-refractivity contribution is 7.15. The molecule has 146 valence electrons. The standard InChI is InChI=1S/C22H12ClN3O3S/c23-16-9-5-4-8-15(16)17-11-10-14(29-17)12-18-21(28)26-22(30-18)24-20(27)19(25-26)13-6-2-1-3-7-13/h1-12H. The lowest BCUT2D eigenvalue weighted by Crippen LogP contribution is -2.26. The van der Waals surface area contributed by atoms with Crippen LogP contribution in [0.1, 0.15) is 5.76 Å². The number of hydrogen-bond donors (Lipinski definition) is 0. The lowest BCUT2D eigenvalue weighted by atomic mass is 10.2. The van der Waals surface area contributed by atoms with E-state index >= 15 is 0 Å². The number of nitrogens with zero attached hydrogens (tertiary/aromatic N) is 3. The van der Waals surface area contributed by atoms with Gasteiger partial charge in [0.05, 0.1) is 5.02 Å². The third-order valence-corrected chi connectivity index (χ3v) is 5.76. The molecule has 0 bridgehead atoms. The van der Waals surface area contributed by atoms with Gasteiger partial charge < -0.3 is 4.42 Å². The fourth-order valence-corrected chi connectivity index (χ4v) is 4.16. The van der Waals surface area contributed by atoms with E-state index in [0.29, 0.717) is 26.6 Å². The number of halogens is 1. The van der Waals surface area contributed by atoms with Gasteiger partial charge in [0.25, 0.3) is 5.56 Å². The van der Waals surface area contributed by atoms with Crippen LogP contribution in [0.2, 0.25) is 5.02 Å². The number of furan rings is 1. The molecule has 0 amide bonds. The summed E-state index contributed by atoms with van der Waals surface area (Å²) >= 11 is 7.30. The minimum Gasteiger partial charge on any atom is -0.457 e. The van der Waals surface area contributed by atoms with E-state index in [9.17, 15) is 9.59 Å². The van der Waals surface area contributed by atoms with Gasteiger partial charge in [0.2, 0.25) is 4.96 Å². The minimum atomic E-state index is -0.479. The van der Waals surface area contributed by atoms with Crippen LogP contribution in [0.15, 0.2) is 80.7 Å². The van der Waals surface area contributed by atoms with Crippen LogP contribution in [0.4, 0.5) is 0 Å². The average molecular weight is 434 g/mol. The monoisotopic (exact) mass is 433 g/mol. The maximum absolute atomic E-state index is 12.8. The Morgan fingerprint density at radius 3 is 2.53 bits per heavy atom. The van der Waals surface area contributed by atoms with E-state index in [1.54, 1.807) is 48.5 Å². The predicted octanol–water partition coefficient (Wildman–Crippen LogP) is 3.64. The van der Waals surface area contributed by atoms with Crippen molar-refractivity contribution in [1.82, 2.24) is 14.6 Å². The Kier molecular flexibility index (Phi) is 4.54. The summed E-state index contributed by atoms with van der Waals surface area (Å²) in [6.45, 7) is 0. The van der Waals surface area contributed by atoms with Crippen molar-refractivity contribution >= 4 is 34.0 Å². The van der Waals surface area contributed by atoms with E-state index in [2.05, 4.69) is 10.1 Å². The molecule has 0 spiro atoms. The average Bonchev–Trinajstić information content (AvgIpc) is 3.33. The second-order valence-corrected chi connectivity index (χ2v) is 7.84. The fourth-order valence-electron chi connectivity index (χ4n) is 3.05. The van der Waals surface area contributed by atoms with Crippen molar-refractivity contribution in [2.24, 2.45) is 0 Å². The van der Waals surface area contributed by atoms with E-state index in [1.807, 2.05) is 24.3 Å². The highest BCUT2D eigenvalue weighted by Gasteiger charge is 2.13. The summed E-state index contributed by atoms with van der Waals surface area (Å²) in [5, 5.41) is 4.82. The number of fused-ring (bicyclic) bond motifs is 1. The van der Waals surface area contributed by atoms with Gasteiger partial charge in [-0.15, -0.1) is 0 Å². The molecule has 0 saturated carbocycles. The van der Waals surface area contributed by atoms with Crippen molar-refractivity contribution in [1.29, 1.82) is 0 Å². The van der Waals surface area contributed by atoms with E-state index < -0.39 is 5.56 Å². The Hall–Kier alpha value is -3.55. The van der Waals surface area contributed by atoms with Crippen LogP contribution in [0.25, 0.3) is 33.6 Å². The van der Waals surface area contributed by atoms with Crippen LogP contribution >= 0.6 is 22.9 Å². The number of aromatic nitrogens is 3. The van der Waals surface area contributed by atoms with Gasteiger partial charge in [-0.05, 0) is 24.3 Å². The zero-order valence-electron chi connectivity index (χ0n) is 15.3. The molecule has 0 aliphatic heterocycles. The summed E-state index contributed by atoms with van der Waals surface area (Å²) in [5.41, 5.74) is 0.659. The Bertz CT molecular complexity index is 1550. The Balaban J connectivity index is 1.61. The summed E-state index contributed by atoms with van der Waals surface area (Å²) in [4.78, 5) is 29.5. The van der Waals surface area contributed by atoms with Crippen LogP contribution < -0.4 is 15.7 Å². The number of rotatable bonds is 3. The molecule has 6 nitrogen and oxygen atoms in total. The van der Waals surface area contributed by atoms with Crippen molar-refractivity contribution < 1.29 is 4.42 Å². The van der Waals surface area contributed by atoms with E-state index in [-0.39, 0.29) is 16.2 Å². The van der Waals surface area contributed by atoms with Gasteiger partial charge in [0.1, 0.15) is 16.1 Å². The Morgan fingerprint density at radius 1 is 0.967 bits per heavy atom. The number of thiazole rings is 1. The molecule has 0 saturated heterocycles. The van der Waals surface area contributed by atoms with Crippen LogP contribution in [0, 0.1) is 0 Å². The maximum Gasteiger partial charge on any atom is 0.300 e. The largest absolute Gasteiger partial charge is 0.457 e. The second-order valence-electron chi connectivity index (χ2n) is 6.42. The van der Waals surface area contributed by atoms with Crippen LogP contribution in [0.3, 0.4) is 0 Å². The molecule has 3 aromatic heterocycles. The Labute approximate surface area is 178 Å². The summed E-state index contributed by atoms with van der Waals surface area (Å²) < 4.78 is 7.35. The highest BCUT2D eigenvalue weighted by Crippen LogP contribution is 2.29. The van der Waals surface area contributed by atoms with Gasteiger partial charge in [-0.1, -0.05) is 65.4 Å². The second kappa shape index (κ2) is 7.37. The molecule has 5 rings (SSSR count). The van der Waals surface area contributed by atoms with Crippen LogP contribution in [-0.2, 0) is 0 Å². The summed E-state index contributed by atoms with van der Waals surface area (Å²) in [6, 6.07) is 19.8. The first-order valence-electron chi connectivity index (χ1n) is 8.96. The first-order chi connectivity index (χ1) is 14.6. The van der Waals surface area contributed by atoms with Crippen molar-refractivity contribution in [2.45, 2.75) is 0 Å². The third kappa shape index (κ3) is 3.24. The molecular weight excluding hydrogens is 422 g/mol. The number of hydrogen-bond acceptors (Lipinski definition) is 6. The van der Waals surface area contributed by atoms with Gasteiger partial charge in [-0.2, -0.15) is 14.6 Å². The SMILES string of the molecule is O=c1nc2sc(=Cc3ccc(-c4ccccc4Cl)o3)c(=O)n2nc1-c1ccccc1. The quantitative estimate of drug-likeness (QED) is 0.434. The molecule has 2 aromatic carbocycles. The lowest BCUT2D eigenvalue weighted by Gasteiger charge is -1.98. The molecular formula is C22H12ClN3O3S. The zero-order valence-corrected chi connectivity index (χ0v) is 16.9. The van der Waals surface area contributed by atoms with E-state index in [1.165, 1.54) is 0 Å². The van der Waals surface area contributed by atoms with Crippen molar-refractivity contribution in [3.8, 4) is 22.6 Å². The first kappa shape index (κ1) is 18.5.